The molecule has 0 unspecified atom stereocenters. The van der Waals surface area contributed by atoms with Crippen LogP contribution in [0.25, 0.3) is 0 Å². The number of unbranched alkanes of at least 4 members (excludes halogenated alkanes) is 2. The van der Waals surface area contributed by atoms with Crippen molar-refractivity contribution in [1.82, 2.24) is 19.8 Å². The van der Waals surface area contributed by atoms with E-state index in [2.05, 4.69) is 9.88 Å². The molecule has 1 aromatic heterocycles. The summed E-state index contributed by atoms with van der Waals surface area (Å²) in [5.74, 6) is 0.395. The lowest BCUT2D eigenvalue weighted by atomic mass is 10.1. The number of hydrogen-bond acceptors (Lipinski definition) is 7. The van der Waals surface area contributed by atoms with E-state index in [9.17, 15) is 14.4 Å². The van der Waals surface area contributed by atoms with Gasteiger partial charge in [-0.15, -0.1) is 0 Å². The largest absolute Gasteiger partial charge is 0.378 e. The third kappa shape index (κ3) is 4.52. The van der Waals surface area contributed by atoms with Crippen molar-refractivity contribution in [2.45, 2.75) is 38.6 Å². The van der Waals surface area contributed by atoms with Crippen molar-refractivity contribution in [3.8, 4) is 0 Å². The second-order valence-corrected chi connectivity index (χ2v) is 8.92. The van der Waals surface area contributed by atoms with Gasteiger partial charge in [0.25, 0.3) is 11.8 Å². The first-order valence-electron chi connectivity index (χ1n) is 12.0. The third-order valence-electron chi connectivity index (χ3n) is 6.73. The van der Waals surface area contributed by atoms with Gasteiger partial charge in [0.05, 0.1) is 36.6 Å². The molecule has 1 saturated heterocycles. The second kappa shape index (κ2) is 9.89. The van der Waals surface area contributed by atoms with Crippen LogP contribution in [0, 0.1) is 0 Å². The van der Waals surface area contributed by atoms with Crippen molar-refractivity contribution in [3.05, 3.63) is 52.8 Å². The van der Waals surface area contributed by atoms with Gasteiger partial charge in [0.1, 0.15) is 0 Å². The second-order valence-electron chi connectivity index (χ2n) is 8.92. The van der Waals surface area contributed by atoms with Gasteiger partial charge in [-0.25, -0.2) is 9.97 Å². The van der Waals surface area contributed by atoms with E-state index in [1.807, 2.05) is 11.1 Å². The molecule has 0 atom stereocenters. The molecule has 1 aromatic carbocycles. The van der Waals surface area contributed by atoms with Gasteiger partial charge in [0.2, 0.25) is 11.9 Å². The number of carbonyl (C=O) groups is 3. The molecule has 0 N–H and O–H groups in total. The summed E-state index contributed by atoms with van der Waals surface area (Å²) in [4.78, 5) is 52.3. The quantitative estimate of drug-likeness (QED) is 0.458. The van der Waals surface area contributed by atoms with Crippen molar-refractivity contribution in [3.63, 3.8) is 0 Å². The van der Waals surface area contributed by atoms with E-state index in [0.717, 1.165) is 43.6 Å². The lowest BCUT2D eigenvalue weighted by molar-refractivity contribution is -0.132. The molecule has 9 heteroatoms. The van der Waals surface area contributed by atoms with Gasteiger partial charge in [0.15, 0.2) is 0 Å². The smallest absolute Gasteiger partial charge is 0.261 e. The Hall–Kier alpha value is -3.33. The number of rotatable bonds is 7. The fraction of sp³-hybridized carbons (Fsp3) is 0.480. The van der Waals surface area contributed by atoms with Crippen molar-refractivity contribution in [2.24, 2.45) is 0 Å². The van der Waals surface area contributed by atoms with Crippen molar-refractivity contribution < 1.29 is 19.1 Å². The van der Waals surface area contributed by atoms with Crippen LogP contribution in [0.2, 0.25) is 0 Å². The summed E-state index contributed by atoms with van der Waals surface area (Å²) in [5.41, 5.74) is 3.01. The topological polar surface area (TPSA) is 95.9 Å². The fourth-order valence-corrected chi connectivity index (χ4v) is 4.74. The summed E-state index contributed by atoms with van der Waals surface area (Å²) in [6.45, 7) is 4.50. The van der Waals surface area contributed by atoms with Crippen molar-refractivity contribution in [2.75, 3.05) is 44.3 Å². The summed E-state index contributed by atoms with van der Waals surface area (Å²) < 4.78 is 5.41. The van der Waals surface area contributed by atoms with E-state index in [1.165, 1.54) is 4.90 Å². The summed E-state index contributed by atoms with van der Waals surface area (Å²) in [6.07, 6.45) is 5.33. The molecular weight excluding hydrogens is 434 g/mol. The third-order valence-corrected chi connectivity index (χ3v) is 6.73. The highest BCUT2D eigenvalue weighted by molar-refractivity contribution is 6.21. The number of amides is 3. The van der Waals surface area contributed by atoms with E-state index in [0.29, 0.717) is 62.8 Å². The van der Waals surface area contributed by atoms with Gasteiger partial charge in [0, 0.05) is 38.8 Å². The lowest BCUT2D eigenvalue weighted by Crippen LogP contribution is -2.39. The molecule has 0 spiro atoms. The van der Waals surface area contributed by atoms with E-state index in [4.69, 9.17) is 9.72 Å². The van der Waals surface area contributed by atoms with Gasteiger partial charge in [-0.05, 0) is 37.0 Å². The molecular formula is C25H29N5O4. The number of carbonyl (C=O) groups excluding carboxylic acids is 3. The van der Waals surface area contributed by atoms with Crippen LogP contribution >= 0.6 is 0 Å². The van der Waals surface area contributed by atoms with Gasteiger partial charge >= 0.3 is 0 Å². The first kappa shape index (κ1) is 22.5. The van der Waals surface area contributed by atoms with Gasteiger partial charge in [-0.3, -0.25) is 19.3 Å². The standard InChI is InChI=1S/C25H29N5O4/c31-22(8-2-1-5-10-30-23(32)19-6-3-4-7-20(19)24(30)33)29-11-9-18-16-26-25(27-21(18)17-29)28-12-14-34-15-13-28/h3-4,6-7,16H,1-2,5,8-15,17H2. The summed E-state index contributed by atoms with van der Waals surface area (Å²) in [7, 11) is 0. The highest BCUT2D eigenvalue weighted by atomic mass is 16.5. The summed E-state index contributed by atoms with van der Waals surface area (Å²) >= 11 is 0. The zero-order chi connectivity index (χ0) is 23.5. The molecule has 9 nitrogen and oxygen atoms in total. The Balaban J connectivity index is 1.08. The van der Waals surface area contributed by atoms with Gasteiger partial charge < -0.3 is 14.5 Å². The normalized spacial score (nSPS) is 17.7. The fourth-order valence-electron chi connectivity index (χ4n) is 4.74. The zero-order valence-corrected chi connectivity index (χ0v) is 19.2. The Morgan fingerprint density at radius 3 is 2.44 bits per heavy atom. The Labute approximate surface area is 198 Å². The number of fused-ring (bicyclic) bond motifs is 2. The molecule has 4 heterocycles. The summed E-state index contributed by atoms with van der Waals surface area (Å²) in [6, 6.07) is 6.93. The van der Waals surface area contributed by atoms with Gasteiger partial charge in [-0.2, -0.15) is 0 Å². The zero-order valence-electron chi connectivity index (χ0n) is 19.2. The highest BCUT2D eigenvalue weighted by Crippen LogP contribution is 2.23. The number of ether oxygens (including phenoxy) is 1. The monoisotopic (exact) mass is 463 g/mol. The maximum absolute atomic E-state index is 12.8. The van der Waals surface area contributed by atoms with Crippen LogP contribution in [0.15, 0.2) is 30.5 Å². The minimum atomic E-state index is -0.220. The number of morpholine rings is 1. The van der Waals surface area contributed by atoms with E-state index >= 15 is 0 Å². The predicted octanol–water partition coefficient (Wildman–Crippen LogP) is 2.05. The summed E-state index contributed by atoms with van der Waals surface area (Å²) in [5, 5.41) is 0. The maximum atomic E-state index is 12.8. The molecule has 3 aliphatic rings. The van der Waals surface area contributed by atoms with Crippen LogP contribution in [-0.4, -0.2) is 76.9 Å². The molecule has 34 heavy (non-hydrogen) atoms. The molecule has 0 bridgehead atoms. The van der Waals surface area contributed by atoms with E-state index in [-0.39, 0.29) is 17.7 Å². The Bertz CT molecular complexity index is 1060. The van der Waals surface area contributed by atoms with Gasteiger partial charge in [-0.1, -0.05) is 18.6 Å². The Morgan fingerprint density at radius 1 is 0.971 bits per heavy atom. The molecule has 1 fully saturated rings. The average Bonchev–Trinajstić information content (AvgIpc) is 3.13. The molecule has 3 amide bonds. The van der Waals surface area contributed by atoms with E-state index < -0.39 is 0 Å². The molecule has 3 aliphatic heterocycles. The minimum absolute atomic E-state index is 0.123. The lowest BCUT2D eigenvalue weighted by Gasteiger charge is -2.30. The van der Waals surface area contributed by atoms with Crippen LogP contribution in [-0.2, 0) is 22.5 Å². The van der Waals surface area contributed by atoms with Crippen molar-refractivity contribution >= 4 is 23.7 Å². The first-order valence-corrected chi connectivity index (χ1v) is 12.0. The molecule has 178 valence electrons. The van der Waals surface area contributed by atoms with Crippen LogP contribution in [0.1, 0.15) is 57.7 Å². The average molecular weight is 464 g/mol. The SMILES string of the molecule is O=C(CCCCCN1C(=O)c2ccccc2C1=O)N1CCc2cnc(N3CCOCC3)nc2C1. The number of aromatic nitrogens is 2. The minimum Gasteiger partial charge on any atom is -0.378 e. The van der Waals surface area contributed by atoms with Crippen LogP contribution < -0.4 is 4.90 Å². The maximum Gasteiger partial charge on any atom is 0.261 e. The first-order chi connectivity index (χ1) is 16.6. The Kier molecular flexibility index (Phi) is 6.53. The molecule has 2 aromatic rings. The number of nitrogens with zero attached hydrogens (tertiary/aromatic N) is 5. The van der Waals surface area contributed by atoms with Crippen LogP contribution in [0.5, 0.6) is 0 Å². The van der Waals surface area contributed by atoms with Crippen LogP contribution in [0.4, 0.5) is 5.95 Å². The molecule has 0 aliphatic carbocycles. The van der Waals surface area contributed by atoms with E-state index in [1.54, 1.807) is 24.3 Å². The Morgan fingerprint density at radius 2 is 1.71 bits per heavy atom. The highest BCUT2D eigenvalue weighted by Gasteiger charge is 2.34. The molecule has 0 saturated carbocycles. The molecule has 5 rings (SSSR count). The number of imide groups is 1. The predicted molar refractivity (Wildman–Crippen MR) is 124 cm³/mol. The number of benzene rings is 1. The number of anilines is 1. The number of hydrogen-bond donors (Lipinski definition) is 0. The molecule has 0 radical (unpaired) electrons. The van der Waals surface area contributed by atoms with Crippen molar-refractivity contribution in [1.29, 1.82) is 0 Å². The van der Waals surface area contributed by atoms with Crippen LogP contribution in [0.3, 0.4) is 0 Å².